The van der Waals surface area contributed by atoms with Crippen LogP contribution in [0.4, 0.5) is 0 Å². The van der Waals surface area contributed by atoms with E-state index in [0.717, 1.165) is 11.3 Å². The summed E-state index contributed by atoms with van der Waals surface area (Å²) in [5.74, 6) is -3.12. The number of Topliss-reactive ketones (excluding diaryl/α,β-unsaturated/α-hetero) is 1. The van der Waals surface area contributed by atoms with Gasteiger partial charge in [0, 0.05) is 18.3 Å². The first kappa shape index (κ1) is 21.0. The van der Waals surface area contributed by atoms with Crippen LogP contribution >= 0.6 is 0 Å². The highest BCUT2D eigenvalue weighted by molar-refractivity contribution is 6.44. The van der Waals surface area contributed by atoms with Gasteiger partial charge in [-0.3, -0.25) is 9.59 Å². The van der Waals surface area contributed by atoms with Crippen LogP contribution in [0, 0.1) is 0 Å². The van der Waals surface area contributed by atoms with Gasteiger partial charge in [0.25, 0.3) is 11.7 Å². The summed E-state index contributed by atoms with van der Waals surface area (Å²) < 4.78 is 7.20. The number of nitrogens with two attached hydrogens (primary N) is 1. The van der Waals surface area contributed by atoms with Crippen molar-refractivity contribution in [2.75, 3.05) is 6.61 Å². The molecule has 0 saturated carbocycles. The van der Waals surface area contributed by atoms with Crippen molar-refractivity contribution in [3.8, 4) is 5.88 Å². The van der Waals surface area contributed by atoms with Crippen LogP contribution in [0.2, 0.25) is 0 Å². The summed E-state index contributed by atoms with van der Waals surface area (Å²) in [6, 6.07) is 9.70. The van der Waals surface area contributed by atoms with Crippen LogP contribution in [-0.4, -0.2) is 38.8 Å². The minimum Gasteiger partial charge on any atom is -0.479 e. The SMILES string of the molecule is CCc1cn2c(Cc3ccccc3)c(CC)c(C(=O)C(N)=O)c2c(OCC(=O)O)n1. The Bertz CT molecular complexity index is 1120. The number of hydrogen-bond acceptors (Lipinski definition) is 5. The number of rotatable bonds is 9. The lowest BCUT2D eigenvalue weighted by Crippen LogP contribution is -2.24. The van der Waals surface area contributed by atoms with Gasteiger partial charge in [0.2, 0.25) is 5.88 Å². The molecular weight excluding hydrogens is 386 g/mol. The Labute approximate surface area is 173 Å². The lowest BCUT2D eigenvalue weighted by molar-refractivity contribution is -0.139. The lowest BCUT2D eigenvalue weighted by atomic mass is 9.99. The Morgan fingerprint density at radius 1 is 1.13 bits per heavy atom. The number of aryl methyl sites for hydroxylation is 1. The number of aromatic nitrogens is 2. The molecule has 2 heterocycles. The summed E-state index contributed by atoms with van der Waals surface area (Å²) in [5.41, 5.74) is 8.85. The lowest BCUT2D eigenvalue weighted by Gasteiger charge is -2.11. The first-order valence-corrected chi connectivity index (χ1v) is 9.65. The van der Waals surface area contributed by atoms with Gasteiger partial charge < -0.3 is 20.0 Å². The molecule has 1 amide bonds. The van der Waals surface area contributed by atoms with Crippen LogP contribution in [0.1, 0.15) is 46.7 Å². The molecule has 8 nitrogen and oxygen atoms in total. The van der Waals surface area contributed by atoms with E-state index in [1.54, 1.807) is 10.6 Å². The van der Waals surface area contributed by atoms with E-state index in [2.05, 4.69) is 4.98 Å². The molecule has 0 bridgehead atoms. The number of nitrogens with zero attached hydrogens (tertiary/aromatic N) is 2. The maximum atomic E-state index is 12.8. The molecule has 2 aromatic heterocycles. The maximum Gasteiger partial charge on any atom is 0.341 e. The van der Waals surface area contributed by atoms with Crippen molar-refractivity contribution in [1.29, 1.82) is 0 Å². The Balaban J connectivity index is 2.35. The number of carboxylic acid groups (broad SMARTS) is 1. The molecule has 0 fully saturated rings. The van der Waals surface area contributed by atoms with Gasteiger partial charge in [-0.2, -0.15) is 0 Å². The van der Waals surface area contributed by atoms with Crippen LogP contribution < -0.4 is 10.5 Å². The number of fused-ring (bicyclic) bond motifs is 1. The third-order valence-electron chi connectivity index (χ3n) is 4.86. The number of hydrogen-bond donors (Lipinski definition) is 2. The molecule has 3 rings (SSSR count). The van der Waals surface area contributed by atoms with Gasteiger partial charge in [-0.1, -0.05) is 44.2 Å². The second-order valence-electron chi connectivity index (χ2n) is 6.80. The number of carbonyl (C=O) groups excluding carboxylic acids is 2. The summed E-state index contributed by atoms with van der Waals surface area (Å²) in [5, 5.41) is 9.04. The van der Waals surface area contributed by atoms with E-state index in [1.165, 1.54) is 0 Å². The Morgan fingerprint density at radius 2 is 1.83 bits per heavy atom. The van der Waals surface area contributed by atoms with E-state index in [-0.39, 0.29) is 17.0 Å². The first-order chi connectivity index (χ1) is 14.4. The summed E-state index contributed by atoms with van der Waals surface area (Å²) in [7, 11) is 0. The fourth-order valence-electron chi connectivity index (χ4n) is 3.53. The minimum atomic E-state index is -1.17. The van der Waals surface area contributed by atoms with Crippen molar-refractivity contribution in [2.24, 2.45) is 5.73 Å². The highest BCUT2D eigenvalue weighted by Crippen LogP contribution is 2.32. The Morgan fingerprint density at radius 3 is 2.40 bits per heavy atom. The third kappa shape index (κ3) is 4.03. The highest BCUT2D eigenvalue weighted by atomic mass is 16.5. The van der Waals surface area contributed by atoms with Crippen molar-refractivity contribution in [3.05, 3.63) is 64.6 Å². The molecule has 1 aromatic carbocycles. The standard InChI is InChI=1S/C22H23N3O5/c1-3-14-11-25-16(10-13-8-6-5-7-9-13)15(4-2)18(20(28)21(23)29)19(25)22(24-14)30-12-17(26)27/h5-9,11H,3-4,10,12H2,1-2H3,(H2,23,29)(H,26,27). The molecule has 156 valence electrons. The number of primary amides is 1. The zero-order valence-electron chi connectivity index (χ0n) is 16.8. The van der Waals surface area contributed by atoms with Crippen LogP contribution in [0.5, 0.6) is 5.88 Å². The second-order valence-corrected chi connectivity index (χ2v) is 6.80. The average Bonchev–Trinajstić information content (AvgIpc) is 3.05. The molecule has 0 atom stereocenters. The minimum absolute atomic E-state index is 0.00429. The molecule has 0 aliphatic rings. The van der Waals surface area contributed by atoms with Gasteiger partial charge in [-0.25, -0.2) is 9.78 Å². The maximum absolute atomic E-state index is 12.8. The molecular formula is C22H23N3O5. The zero-order chi connectivity index (χ0) is 21.8. The van der Waals surface area contributed by atoms with Crippen molar-refractivity contribution in [1.82, 2.24) is 9.38 Å². The predicted octanol–water partition coefficient (Wildman–Crippen LogP) is 2.18. The number of ketones is 1. The van der Waals surface area contributed by atoms with Crippen molar-refractivity contribution >= 4 is 23.2 Å². The van der Waals surface area contributed by atoms with E-state index < -0.39 is 24.3 Å². The molecule has 0 radical (unpaired) electrons. The van der Waals surface area contributed by atoms with Gasteiger partial charge in [-0.15, -0.1) is 0 Å². The van der Waals surface area contributed by atoms with Crippen LogP contribution in [0.15, 0.2) is 36.5 Å². The molecule has 3 aromatic rings. The van der Waals surface area contributed by atoms with Gasteiger partial charge in [0.1, 0.15) is 5.52 Å². The van der Waals surface area contributed by atoms with Gasteiger partial charge in [0.05, 0.1) is 11.3 Å². The van der Waals surface area contributed by atoms with E-state index in [9.17, 15) is 14.4 Å². The van der Waals surface area contributed by atoms with Crippen LogP contribution in [0.3, 0.4) is 0 Å². The topological polar surface area (TPSA) is 124 Å². The summed E-state index contributed by atoms with van der Waals surface area (Å²) in [6.07, 6.45) is 3.34. The fraction of sp³-hybridized carbons (Fsp3) is 0.273. The molecule has 30 heavy (non-hydrogen) atoms. The average molecular weight is 409 g/mol. The number of carboxylic acids is 1. The number of amides is 1. The second kappa shape index (κ2) is 8.77. The van der Waals surface area contributed by atoms with E-state index >= 15 is 0 Å². The molecule has 0 saturated heterocycles. The van der Waals surface area contributed by atoms with Crippen LogP contribution in [0.25, 0.3) is 5.52 Å². The third-order valence-corrected chi connectivity index (χ3v) is 4.86. The number of aliphatic carboxylic acids is 1. The van der Waals surface area contributed by atoms with E-state index in [0.29, 0.717) is 30.5 Å². The van der Waals surface area contributed by atoms with Crippen molar-refractivity contribution in [3.63, 3.8) is 0 Å². The normalized spacial score (nSPS) is 10.9. The molecule has 0 spiro atoms. The smallest absolute Gasteiger partial charge is 0.341 e. The summed E-state index contributed by atoms with van der Waals surface area (Å²) in [4.78, 5) is 40.0. The first-order valence-electron chi connectivity index (χ1n) is 9.65. The monoisotopic (exact) mass is 409 g/mol. The molecule has 8 heteroatoms. The van der Waals surface area contributed by atoms with Crippen molar-refractivity contribution < 1.29 is 24.2 Å². The van der Waals surface area contributed by atoms with Gasteiger partial charge in [0.15, 0.2) is 6.61 Å². The molecule has 0 aliphatic heterocycles. The number of benzene rings is 1. The largest absolute Gasteiger partial charge is 0.479 e. The Kier molecular flexibility index (Phi) is 6.15. The number of carbonyl (C=O) groups is 3. The fourth-order valence-corrected chi connectivity index (χ4v) is 3.53. The predicted molar refractivity (Wildman–Crippen MR) is 110 cm³/mol. The quantitative estimate of drug-likeness (QED) is 0.412. The van der Waals surface area contributed by atoms with Crippen LogP contribution in [-0.2, 0) is 28.9 Å². The zero-order valence-corrected chi connectivity index (χ0v) is 16.8. The van der Waals surface area contributed by atoms with Gasteiger partial charge >= 0.3 is 5.97 Å². The molecule has 3 N–H and O–H groups in total. The Hall–Kier alpha value is -3.68. The number of ether oxygens (including phenoxy) is 1. The summed E-state index contributed by atoms with van der Waals surface area (Å²) in [6.45, 7) is 3.17. The van der Waals surface area contributed by atoms with Gasteiger partial charge in [-0.05, 0) is 24.0 Å². The molecule has 0 aliphatic carbocycles. The highest BCUT2D eigenvalue weighted by Gasteiger charge is 2.29. The molecule has 0 unspecified atom stereocenters. The van der Waals surface area contributed by atoms with E-state index in [4.69, 9.17) is 15.6 Å². The van der Waals surface area contributed by atoms with E-state index in [1.807, 2.05) is 44.2 Å². The van der Waals surface area contributed by atoms with Crippen molar-refractivity contribution in [2.45, 2.75) is 33.1 Å². The summed E-state index contributed by atoms with van der Waals surface area (Å²) >= 11 is 0.